The summed E-state index contributed by atoms with van der Waals surface area (Å²) in [5.41, 5.74) is 2.14. The van der Waals surface area contributed by atoms with Gasteiger partial charge in [-0.15, -0.1) is 0 Å². The van der Waals surface area contributed by atoms with Crippen molar-refractivity contribution in [3.8, 4) is 11.8 Å². The molecular formula is C30H34FN5O4. The molecule has 4 aliphatic rings. The lowest BCUT2D eigenvalue weighted by atomic mass is 9.95. The SMILES string of the molecule is Cc1c(O)cc(N2Cc3nc(OCC45CCCN4C[C@H](F)C5)nc(N4CCCOCC4)c3C2=O)c2ccccc12. The third-order valence-electron chi connectivity index (χ3n) is 9.02. The molecule has 1 N–H and O–H groups in total. The minimum Gasteiger partial charge on any atom is -0.508 e. The molecular weight excluding hydrogens is 513 g/mol. The van der Waals surface area contributed by atoms with E-state index in [9.17, 15) is 14.3 Å². The molecule has 4 aliphatic heterocycles. The Hall–Kier alpha value is -3.50. The lowest BCUT2D eigenvalue weighted by Crippen LogP contribution is -2.43. The normalized spacial score (nSPS) is 24.9. The summed E-state index contributed by atoms with van der Waals surface area (Å²) in [5.74, 6) is 0.488. The Morgan fingerprint density at radius 2 is 2.00 bits per heavy atom. The van der Waals surface area contributed by atoms with Crippen molar-refractivity contribution in [1.82, 2.24) is 14.9 Å². The first-order chi connectivity index (χ1) is 19.4. The van der Waals surface area contributed by atoms with Crippen LogP contribution in [0, 0.1) is 6.92 Å². The van der Waals surface area contributed by atoms with Crippen molar-refractivity contribution >= 4 is 28.2 Å². The number of alkyl halides is 1. The Labute approximate surface area is 232 Å². The van der Waals surface area contributed by atoms with Gasteiger partial charge in [-0.1, -0.05) is 24.3 Å². The number of fused-ring (bicyclic) bond motifs is 3. The first kappa shape index (κ1) is 25.5. The van der Waals surface area contributed by atoms with Crippen LogP contribution in [0.4, 0.5) is 15.9 Å². The van der Waals surface area contributed by atoms with E-state index in [1.165, 1.54) is 0 Å². The number of benzene rings is 2. The van der Waals surface area contributed by atoms with Crippen LogP contribution in [0.1, 0.15) is 47.3 Å². The number of phenolic OH excluding ortho intramolecular Hbond substituents is 1. The van der Waals surface area contributed by atoms with Crippen molar-refractivity contribution in [2.45, 2.75) is 50.9 Å². The van der Waals surface area contributed by atoms with Crippen molar-refractivity contribution in [3.63, 3.8) is 0 Å². The number of halogens is 1. The molecule has 210 valence electrons. The third-order valence-corrected chi connectivity index (χ3v) is 9.02. The summed E-state index contributed by atoms with van der Waals surface area (Å²) in [7, 11) is 0. The van der Waals surface area contributed by atoms with Crippen molar-refractivity contribution in [2.24, 2.45) is 0 Å². The van der Waals surface area contributed by atoms with Gasteiger partial charge in [0.15, 0.2) is 0 Å². The quantitative estimate of drug-likeness (QED) is 0.513. The van der Waals surface area contributed by atoms with Crippen LogP contribution in [0.2, 0.25) is 0 Å². The summed E-state index contributed by atoms with van der Waals surface area (Å²) >= 11 is 0. The Kier molecular flexibility index (Phi) is 6.27. The number of aromatic hydroxyl groups is 1. The highest BCUT2D eigenvalue weighted by molar-refractivity contribution is 6.16. The summed E-state index contributed by atoms with van der Waals surface area (Å²) in [5, 5.41) is 12.5. The molecule has 7 rings (SSSR count). The molecule has 0 aliphatic carbocycles. The zero-order valence-corrected chi connectivity index (χ0v) is 22.7. The Morgan fingerprint density at radius 3 is 2.88 bits per heavy atom. The van der Waals surface area contributed by atoms with Crippen LogP contribution in [0.3, 0.4) is 0 Å². The van der Waals surface area contributed by atoms with Gasteiger partial charge in [0.25, 0.3) is 5.91 Å². The number of rotatable bonds is 5. The number of aryl methyl sites for hydroxylation is 1. The van der Waals surface area contributed by atoms with E-state index < -0.39 is 6.17 Å². The summed E-state index contributed by atoms with van der Waals surface area (Å²) in [6, 6.07) is 9.65. The second-order valence-electron chi connectivity index (χ2n) is 11.4. The van der Waals surface area contributed by atoms with E-state index in [0.717, 1.165) is 42.1 Å². The highest BCUT2D eigenvalue weighted by Gasteiger charge is 2.49. The van der Waals surface area contributed by atoms with Gasteiger partial charge in [-0.3, -0.25) is 9.69 Å². The largest absolute Gasteiger partial charge is 0.508 e. The predicted molar refractivity (Wildman–Crippen MR) is 149 cm³/mol. The summed E-state index contributed by atoms with van der Waals surface area (Å²) in [6.07, 6.45) is 2.36. The number of hydrogen-bond donors (Lipinski definition) is 1. The molecule has 0 spiro atoms. The van der Waals surface area contributed by atoms with Crippen LogP contribution in [-0.4, -0.2) is 83.6 Å². The molecule has 2 atom stereocenters. The number of amides is 1. The topological polar surface area (TPSA) is 91.3 Å². The lowest BCUT2D eigenvalue weighted by Gasteiger charge is -2.31. The van der Waals surface area contributed by atoms with E-state index in [1.807, 2.05) is 31.2 Å². The maximum atomic E-state index is 14.3. The van der Waals surface area contributed by atoms with E-state index in [4.69, 9.17) is 19.4 Å². The van der Waals surface area contributed by atoms with Gasteiger partial charge in [-0.25, -0.2) is 4.39 Å². The van der Waals surface area contributed by atoms with E-state index in [0.29, 0.717) is 68.6 Å². The van der Waals surface area contributed by atoms with Crippen LogP contribution in [0.25, 0.3) is 10.8 Å². The number of nitrogens with zero attached hydrogens (tertiary/aromatic N) is 5. The van der Waals surface area contributed by atoms with E-state index in [2.05, 4.69) is 9.80 Å². The highest BCUT2D eigenvalue weighted by atomic mass is 19.1. The summed E-state index contributed by atoms with van der Waals surface area (Å²) in [4.78, 5) is 29.6. The van der Waals surface area contributed by atoms with Crippen molar-refractivity contribution in [1.29, 1.82) is 0 Å². The number of carbonyl (C=O) groups excluding carboxylic acids is 1. The van der Waals surface area contributed by atoms with Gasteiger partial charge in [-0.05, 0) is 43.7 Å². The minimum absolute atomic E-state index is 0.139. The van der Waals surface area contributed by atoms with E-state index in [-0.39, 0.29) is 29.8 Å². The second-order valence-corrected chi connectivity index (χ2v) is 11.4. The van der Waals surface area contributed by atoms with Crippen LogP contribution in [0.5, 0.6) is 11.8 Å². The fraction of sp³-hybridized carbons (Fsp3) is 0.500. The minimum atomic E-state index is -0.843. The standard InChI is InChI=1S/C30H34FN5O4/c1-19-21-6-2-3-7-22(21)24(14-25(19)37)36-17-23-26(28(36)38)27(34-9-5-12-39-13-11-34)33-29(32-23)40-18-30-8-4-10-35(30)16-20(31)15-30/h2-3,6-7,14,20,37H,4-5,8-13,15-18H2,1H3/t20-,30?/m1/s1. The molecule has 2 aromatic carbocycles. The van der Waals surface area contributed by atoms with Crippen molar-refractivity contribution < 1.29 is 23.8 Å². The average molecular weight is 548 g/mol. The molecule has 3 saturated heterocycles. The molecule has 3 fully saturated rings. The molecule has 40 heavy (non-hydrogen) atoms. The first-order valence-corrected chi connectivity index (χ1v) is 14.2. The van der Waals surface area contributed by atoms with Gasteiger partial charge in [0, 0.05) is 44.1 Å². The van der Waals surface area contributed by atoms with Crippen LogP contribution < -0.4 is 14.5 Å². The first-order valence-electron chi connectivity index (χ1n) is 14.2. The zero-order chi connectivity index (χ0) is 27.4. The second kappa shape index (κ2) is 9.85. The molecule has 0 saturated carbocycles. The van der Waals surface area contributed by atoms with Gasteiger partial charge < -0.3 is 24.4 Å². The average Bonchev–Trinajstić information content (AvgIpc) is 3.49. The van der Waals surface area contributed by atoms with Gasteiger partial charge in [0.1, 0.15) is 29.9 Å². The van der Waals surface area contributed by atoms with Gasteiger partial charge >= 0.3 is 6.01 Å². The van der Waals surface area contributed by atoms with Gasteiger partial charge in [0.2, 0.25) is 0 Å². The monoisotopic (exact) mass is 547 g/mol. The van der Waals surface area contributed by atoms with Gasteiger partial charge in [0.05, 0.1) is 30.1 Å². The van der Waals surface area contributed by atoms with Gasteiger partial charge in [-0.2, -0.15) is 9.97 Å². The molecule has 1 aromatic heterocycles. The number of phenols is 1. The molecule has 0 bridgehead atoms. The maximum Gasteiger partial charge on any atom is 0.318 e. The molecule has 1 amide bonds. The molecule has 10 heteroatoms. The molecule has 3 aromatic rings. The molecule has 0 radical (unpaired) electrons. The van der Waals surface area contributed by atoms with Crippen LogP contribution in [-0.2, 0) is 11.3 Å². The Balaban J connectivity index is 1.27. The maximum absolute atomic E-state index is 14.3. The predicted octanol–water partition coefficient (Wildman–Crippen LogP) is 3.99. The fourth-order valence-electron chi connectivity index (χ4n) is 6.97. The van der Waals surface area contributed by atoms with Crippen LogP contribution in [0.15, 0.2) is 30.3 Å². The lowest BCUT2D eigenvalue weighted by molar-refractivity contribution is 0.0996. The summed E-state index contributed by atoms with van der Waals surface area (Å²) < 4.78 is 26.3. The molecule has 1 unspecified atom stereocenters. The van der Waals surface area contributed by atoms with Crippen LogP contribution >= 0.6 is 0 Å². The number of carbonyl (C=O) groups is 1. The van der Waals surface area contributed by atoms with E-state index >= 15 is 0 Å². The smallest absolute Gasteiger partial charge is 0.318 e. The van der Waals surface area contributed by atoms with E-state index in [1.54, 1.807) is 11.0 Å². The molecule has 5 heterocycles. The molecule has 9 nitrogen and oxygen atoms in total. The number of anilines is 2. The highest BCUT2D eigenvalue weighted by Crippen LogP contribution is 2.42. The van der Waals surface area contributed by atoms with Crippen molar-refractivity contribution in [3.05, 3.63) is 47.2 Å². The zero-order valence-electron chi connectivity index (χ0n) is 22.7. The third kappa shape index (κ3) is 4.16. The number of hydrogen-bond acceptors (Lipinski definition) is 8. The fourth-order valence-corrected chi connectivity index (χ4v) is 6.97. The number of ether oxygens (including phenoxy) is 2. The van der Waals surface area contributed by atoms with Crippen molar-refractivity contribution in [2.75, 3.05) is 55.8 Å². The summed E-state index contributed by atoms with van der Waals surface area (Å²) in [6.45, 7) is 6.27. The Bertz CT molecular complexity index is 1480. The number of aromatic nitrogens is 2. The Morgan fingerprint density at radius 1 is 1.15 bits per heavy atom.